The molecule has 3 heterocycles. The smallest absolute Gasteiger partial charge is 0.229 e. The number of carbonyl (C=O) groups is 3. The number of benzene rings is 1. The molecule has 0 bridgehead atoms. The minimum atomic E-state index is -0.163. The summed E-state index contributed by atoms with van der Waals surface area (Å²) in [6.45, 7) is 1.66. The van der Waals surface area contributed by atoms with Gasteiger partial charge in [0.25, 0.3) is 0 Å². The Hall–Kier alpha value is -2.71. The molecule has 29 heavy (non-hydrogen) atoms. The fraction of sp³-hybridized carbons (Fsp3) is 0.400. The van der Waals surface area contributed by atoms with Crippen molar-refractivity contribution in [2.45, 2.75) is 25.3 Å². The third kappa shape index (κ3) is 4.49. The number of hydrogen-bond acceptors (Lipinski definition) is 5. The third-order valence-corrected chi connectivity index (χ3v) is 5.42. The van der Waals surface area contributed by atoms with Crippen LogP contribution in [0.3, 0.4) is 0 Å². The lowest BCUT2D eigenvalue weighted by Gasteiger charge is -2.17. The van der Waals surface area contributed by atoms with E-state index in [4.69, 9.17) is 0 Å². The van der Waals surface area contributed by atoms with Gasteiger partial charge in [-0.25, -0.2) is 0 Å². The molecule has 2 aliphatic heterocycles. The van der Waals surface area contributed by atoms with Crippen molar-refractivity contribution in [3.63, 3.8) is 0 Å². The predicted molar refractivity (Wildman–Crippen MR) is 109 cm³/mol. The van der Waals surface area contributed by atoms with Crippen molar-refractivity contribution in [3.8, 4) is 0 Å². The quantitative estimate of drug-likeness (QED) is 0.717. The van der Waals surface area contributed by atoms with E-state index in [-0.39, 0.29) is 48.5 Å². The first-order chi connectivity index (χ1) is 13.5. The van der Waals surface area contributed by atoms with Crippen LogP contribution in [0.25, 0.3) is 0 Å². The molecule has 154 valence electrons. The van der Waals surface area contributed by atoms with Crippen LogP contribution >= 0.6 is 12.4 Å². The molecule has 0 spiro atoms. The number of halogens is 1. The Morgan fingerprint density at radius 3 is 2.48 bits per heavy atom. The van der Waals surface area contributed by atoms with E-state index in [1.807, 2.05) is 31.6 Å². The lowest BCUT2D eigenvalue weighted by atomic mass is 9.90. The van der Waals surface area contributed by atoms with Crippen LogP contribution in [0, 0.1) is 5.92 Å². The molecule has 0 radical (unpaired) electrons. The van der Waals surface area contributed by atoms with Crippen LogP contribution < -0.4 is 10.6 Å². The summed E-state index contributed by atoms with van der Waals surface area (Å²) >= 11 is 0. The molecule has 2 atom stereocenters. The van der Waals surface area contributed by atoms with Gasteiger partial charge in [-0.15, -0.1) is 12.4 Å². The second-order valence-corrected chi connectivity index (χ2v) is 7.38. The number of aryl methyl sites for hydroxylation is 1. The highest BCUT2D eigenvalue weighted by molar-refractivity contribution is 6.01. The summed E-state index contributed by atoms with van der Waals surface area (Å²) in [7, 11) is 1.87. The standard InChI is InChI=1S/C20H23N5O3.ClH/c1-24-12-14(8-22-24)16-9-21-10-17(16)20(28)23-15-4-2-13(3-5-15)11-25-18(26)6-7-19(25)27;/h2-5,8,12,16-17,21H,6-7,9-11H2,1H3,(H,23,28);1H/t16-,17+;/m1./s1. The normalized spacial score (nSPS) is 21.3. The number of nitrogens with one attached hydrogen (secondary N) is 2. The fourth-order valence-corrected chi connectivity index (χ4v) is 3.85. The molecule has 8 nitrogen and oxygen atoms in total. The van der Waals surface area contributed by atoms with Gasteiger partial charge in [0, 0.05) is 50.8 Å². The highest BCUT2D eigenvalue weighted by Gasteiger charge is 2.34. The maximum Gasteiger partial charge on any atom is 0.229 e. The second kappa shape index (κ2) is 8.75. The van der Waals surface area contributed by atoms with Crippen molar-refractivity contribution in [2.75, 3.05) is 18.4 Å². The number of nitrogens with zero attached hydrogens (tertiary/aromatic N) is 3. The van der Waals surface area contributed by atoms with E-state index in [1.54, 1.807) is 16.8 Å². The van der Waals surface area contributed by atoms with Crippen molar-refractivity contribution in [1.29, 1.82) is 0 Å². The summed E-state index contributed by atoms with van der Waals surface area (Å²) in [5.41, 5.74) is 2.62. The number of amides is 3. The minimum absolute atomic E-state index is 0. The van der Waals surface area contributed by atoms with E-state index in [0.29, 0.717) is 25.1 Å². The topological polar surface area (TPSA) is 96.3 Å². The van der Waals surface area contributed by atoms with Gasteiger partial charge in [-0.2, -0.15) is 5.10 Å². The average Bonchev–Trinajstić information content (AvgIpc) is 3.40. The van der Waals surface area contributed by atoms with Gasteiger partial charge in [0.15, 0.2) is 0 Å². The number of hydrogen-bond donors (Lipinski definition) is 2. The van der Waals surface area contributed by atoms with Crippen LogP contribution in [0.1, 0.15) is 29.9 Å². The SMILES string of the molecule is Cl.Cn1cc([C@H]2CNC[C@@H]2C(=O)Nc2ccc(CN3C(=O)CCC3=O)cc2)cn1. The lowest BCUT2D eigenvalue weighted by Crippen LogP contribution is -2.28. The summed E-state index contributed by atoms with van der Waals surface area (Å²) in [5.74, 6) is -0.351. The Kier molecular flexibility index (Phi) is 6.34. The Balaban J connectivity index is 0.00000240. The van der Waals surface area contributed by atoms with Crippen LogP contribution in [0.2, 0.25) is 0 Å². The predicted octanol–water partition coefficient (Wildman–Crippen LogP) is 1.43. The zero-order valence-electron chi connectivity index (χ0n) is 16.1. The van der Waals surface area contributed by atoms with Crippen molar-refractivity contribution in [1.82, 2.24) is 20.0 Å². The van der Waals surface area contributed by atoms with Crippen LogP contribution in [-0.2, 0) is 28.0 Å². The molecule has 1 aromatic carbocycles. The van der Waals surface area contributed by atoms with Crippen LogP contribution in [0.4, 0.5) is 5.69 Å². The minimum Gasteiger partial charge on any atom is -0.326 e. The van der Waals surface area contributed by atoms with Crippen LogP contribution in [-0.4, -0.2) is 45.5 Å². The van der Waals surface area contributed by atoms with E-state index in [9.17, 15) is 14.4 Å². The molecule has 0 saturated carbocycles. The summed E-state index contributed by atoms with van der Waals surface area (Å²) in [6.07, 6.45) is 4.35. The van der Waals surface area contributed by atoms with E-state index in [0.717, 1.165) is 17.7 Å². The molecule has 1 aromatic heterocycles. The van der Waals surface area contributed by atoms with Gasteiger partial charge in [-0.05, 0) is 23.3 Å². The molecule has 2 N–H and O–H groups in total. The number of imide groups is 1. The van der Waals surface area contributed by atoms with Crippen LogP contribution in [0.5, 0.6) is 0 Å². The van der Waals surface area contributed by atoms with Gasteiger partial charge in [0.1, 0.15) is 0 Å². The molecule has 0 aliphatic carbocycles. The molecule has 3 amide bonds. The van der Waals surface area contributed by atoms with Crippen molar-refractivity contribution < 1.29 is 14.4 Å². The van der Waals surface area contributed by atoms with Crippen molar-refractivity contribution in [2.24, 2.45) is 13.0 Å². The zero-order chi connectivity index (χ0) is 19.7. The van der Waals surface area contributed by atoms with Gasteiger partial charge >= 0.3 is 0 Å². The summed E-state index contributed by atoms with van der Waals surface area (Å²) in [6, 6.07) is 7.28. The highest BCUT2D eigenvalue weighted by atomic mass is 35.5. The first kappa shape index (κ1) is 21.0. The Bertz CT molecular complexity index is 895. The third-order valence-electron chi connectivity index (χ3n) is 5.42. The molecule has 0 unspecified atom stereocenters. The van der Waals surface area contributed by atoms with E-state index < -0.39 is 0 Å². The highest BCUT2D eigenvalue weighted by Crippen LogP contribution is 2.29. The van der Waals surface area contributed by atoms with Crippen molar-refractivity contribution in [3.05, 3.63) is 47.8 Å². The first-order valence-corrected chi connectivity index (χ1v) is 9.43. The Morgan fingerprint density at radius 2 is 1.86 bits per heavy atom. The van der Waals surface area contributed by atoms with Gasteiger partial charge in [-0.3, -0.25) is 24.0 Å². The average molecular weight is 418 g/mol. The lowest BCUT2D eigenvalue weighted by molar-refractivity contribution is -0.139. The molecular weight excluding hydrogens is 394 g/mol. The van der Waals surface area contributed by atoms with Crippen LogP contribution in [0.15, 0.2) is 36.7 Å². The number of carbonyl (C=O) groups excluding carboxylic acids is 3. The van der Waals surface area contributed by atoms with Gasteiger partial charge in [0.05, 0.1) is 18.7 Å². The fourth-order valence-electron chi connectivity index (χ4n) is 3.85. The van der Waals surface area contributed by atoms with E-state index in [2.05, 4.69) is 15.7 Å². The maximum atomic E-state index is 12.8. The molecule has 2 fully saturated rings. The zero-order valence-corrected chi connectivity index (χ0v) is 16.9. The molecular formula is C20H24ClN5O3. The Labute approximate surface area is 175 Å². The maximum absolute atomic E-state index is 12.8. The molecule has 2 saturated heterocycles. The number of anilines is 1. The number of likely N-dealkylation sites (tertiary alicyclic amines) is 1. The molecule has 4 rings (SSSR count). The molecule has 9 heteroatoms. The largest absolute Gasteiger partial charge is 0.326 e. The monoisotopic (exact) mass is 417 g/mol. The molecule has 2 aromatic rings. The summed E-state index contributed by atoms with van der Waals surface area (Å²) in [4.78, 5) is 37.5. The number of rotatable bonds is 5. The van der Waals surface area contributed by atoms with Gasteiger partial charge < -0.3 is 10.6 Å². The van der Waals surface area contributed by atoms with E-state index >= 15 is 0 Å². The van der Waals surface area contributed by atoms with Gasteiger partial charge in [-0.1, -0.05) is 12.1 Å². The Morgan fingerprint density at radius 1 is 1.17 bits per heavy atom. The van der Waals surface area contributed by atoms with Gasteiger partial charge in [0.2, 0.25) is 17.7 Å². The number of aromatic nitrogens is 2. The summed E-state index contributed by atoms with van der Waals surface area (Å²) < 4.78 is 1.75. The second-order valence-electron chi connectivity index (χ2n) is 7.38. The van der Waals surface area contributed by atoms with Crippen molar-refractivity contribution >= 4 is 35.8 Å². The van der Waals surface area contributed by atoms with E-state index in [1.165, 1.54) is 4.90 Å². The summed E-state index contributed by atoms with van der Waals surface area (Å²) in [5, 5.41) is 10.5. The first-order valence-electron chi connectivity index (χ1n) is 9.43. The molecule has 2 aliphatic rings.